The molecule has 0 aliphatic carbocycles. The number of aliphatic imine (C=N–C) groups is 1. The van der Waals surface area contributed by atoms with E-state index >= 15 is 0 Å². The number of thioether (sulfide) groups is 1. The van der Waals surface area contributed by atoms with Crippen molar-refractivity contribution < 1.29 is 4.42 Å². The molecular weight excluding hydrogens is 346 g/mol. The highest BCUT2D eigenvalue weighted by atomic mass is 32.2. The summed E-state index contributed by atoms with van der Waals surface area (Å²) in [6.45, 7) is 9.06. The molecule has 1 aromatic heterocycles. The SMILES string of the molecule is CN=C(NCC1CCN(Cc2nc(C)c(C)o2)CC1)NCC1CCCS1. The number of hydrogen-bond donors (Lipinski definition) is 2. The van der Waals surface area contributed by atoms with Crippen molar-refractivity contribution in [2.24, 2.45) is 10.9 Å². The molecule has 2 aliphatic rings. The lowest BCUT2D eigenvalue weighted by Gasteiger charge is -2.31. The van der Waals surface area contributed by atoms with E-state index in [1.165, 1.54) is 31.4 Å². The van der Waals surface area contributed by atoms with Gasteiger partial charge in [-0.05, 0) is 64.3 Å². The van der Waals surface area contributed by atoms with Gasteiger partial charge in [-0.3, -0.25) is 9.89 Å². The normalized spacial score (nSPS) is 22.7. The number of nitrogens with zero attached hydrogens (tertiary/aromatic N) is 3. The number of guanidine groups is 1. The Morgan fingerprint density at radius 1 is 1.23 bits per heavy atom. The van der Waals surface area contributed by atoms with Crippen LogP contribution in [0.2, 0.25) is 0 Å². The van der Waals surface area contributed by atoms with Gasteiger partial charge in [0.25, 0.3) is 0 Å². The first-order valence-corrected chi connectivity index (χ1v) is 10.9. The molecule has 0 radical (unpaired) electrons. The summed E-state index contributed by atoms with van der Waals surface area (Å²) in [4.78, 5) is 11.3. The van der Waals surface area contributed by atoms with Crippen molar-refractivity contribution in [3.8, 4) is 0 Å². The van der Waals surface area contributed by atoms with Gasteiger partial charge in [0.1, 0.15) is 5.76 Å². The van der Waals surface area contributed by atoms with Crippen LogP contribution >= 0.6 is 11.8 Å². The topological polar surface area (TPSA) is 65.7 Å². The second-order valence-corrected chi connectivity index (χ2v) is 8.85. The van der Waals surface area contributed by atoms with Crippen molar-refractivity contribution in [2.45, 2.75) is 51.3 Å². The van der Waals surface area contributed by atoms with Gasteiger partial charge in [0.2, 0.25) is 5.89 Å². The summed E-state index contributed by atoms with van der Waals surface area (Å²) in [5.41, 5.74) is 1.01. The van der Waals surface area contributed by atoms with E-state index < -0.39 is 0 Å². The van der Waals surface area contributed by atoms with Crippen LogP contribution in [0.3, 0.4) is 0 Å². The minimum absolute atomic E-state index is 0.707. The fraction of sp³-hybridized carbons (Fsp3) is 0.789. The molecule has 0 amide bonds. The van der Waals surface area contributed by atoms with Crippen LogP contribution in [-0.4, -0.2) is 60.1 Å². The molecule has 2 N–H and O–H groups in total. The quantitative estimate of drug-likeness (QED) is 0.585. The maximum Gasteiger partial charge on any atom is 0.208 e. The number of piperidine rings is 1. The standard InChI is InChI=1S/C19H33N5OS/c1-14-15(2)25-18(23-14)13-24-8-6-16(7-9-24)11-21-19(20-3)22-12-17-5-4-10-26-17/h16-17H,4-13H2,1-3H3,(H2,20,21,22). The van der Waals surface area contributed by atoms with Crippen LogP contribution in [0, 0.1) is 19.8 Å². The van der Waals surface area contributed by atoms with Crippen LogP contribution in [0.1, 0.15) is 43.0 Å². The second kappa shape index (κ2) is 9.65. The predicted octanol–water partition coefficient (Wildman–Crippen LogP) is 2.56. The molecule has 2 saturated heterocycles. The number of hydrogen-bond acceptors (Lipinski definition) is 5. The lowest BCUT2D eigenvalue weighted by molar-refractivity contribution is 0.164. The van der Waals surface area contributed by atoms with Gasteiger partial charge in [-0.1, -0.05) is 0 Å². The minimum atomic E-state index is 0.707. The largest absolute Gasteiger partial charge is 0.444 e. The summed E-state index contributed by atoms with van der Waals surface area (Å²) < 4.78 is 5.72. The summed E-state index contributed by atoms with van der Waals surface area (Å²) in [6, 6.07) is 0. The van der Waals surface area contributed by atoms with Gasteiger partial charge < -0.3 is 15.1 Å². The first-order valence-electron chi connectivity index (χ1n) is 9.85. The molecule has 0 saturated carbocycles. The van der Waals surface area contributed by atoms with E-state index in [-0.39, 0.29) is 0 Å². The third-order valence-electron chi connectivity index (χ3n) is 5.44. The zero-order chi connectivity index (χ0) is 18.4. The molecule has 2 aliphatic heterocycles. The van der Waals surface area contributed by atoms with Gasteiger partial charge in [0.05, 0.1) is 12.2 Å². The van der Waals surface area contributed by atoms with E-state index in [0.717, 1.165) is 61.3 Å². The summed E-state index contributed by atoms with van der Waals surface area (Å²) in [5.74, 6) is 4.76. The fourth-order valence-electron chi connectivity index (χ4n) is 3.62. The van der Waals surface area contributed by atoms with Crippen molar-refractivity contribution in [1.29, 1.82) is 0 Å². The third kappa shape index (κ3) is 5.64. The van der Waals surface area contributed by atoms with E-state index in [1.807, 2.05) is 20.9 Å². The molecule has 1 atom stereocenters. The number of likely N-dealkylation sites (tertiary alicyclic amines) is 1. The zero-order valence-corrected chi connectivity index (χ0v) is 17.2. The number of aromatic nitrogens is 1. The number of oxazole rings is 1. The molecule has 1 aromatic rings. The summed E-state index contributed by atoms with van der Waals surface area (Å²) in [6.07, 6.45) is 5.10. The highest BCUT2D eigenvalue weighted by Gasteiger charge is 2.21. The molecular formula is C19H33N5OS. The van der Waals surface area contributed by atoms with Gasteiger partial charge in [-0.15, -0.1) is 0 Å². The summed E-state index contributed by atoms with van der Waals surface area (Å²) in [7, 11) is 1.86. The average molecular weight is 380 g/mol. The van der Waals surface area contributed by atoms with Crippen LogP contribution in [0.25, 0.3) is 0 Å². The lowest BCUT2D eigenvalue weighted by atomic mass is 9.97. The Labute approximate surface area is 161 Å². The molecule has 0 spiro atoms. The number of aryl methyl sites for hydroxylation is 2. The molecule has 1 unspecified atom stereocenters. The van der Waals surface area contributed by atoms with Crippen LogP contribution < -0.4 is 10.6 Å². The lowest BCUT2D eigenvalue weighted by Crippen LogP contribution is -2.44. The molecule has 0 aromatic carbocycles. The predicted molar refractivity (Wildman–Crippen MR) is 109 cm³/mol. The monoisotopic (exact) mass is 379 g/mol. The molecule has 3 rings (SSSR count). The Morgan fingerprint density at radius 2 is 2.00 bits per heavy atom. The van der Waals surface area contributed by atoms with Crippen LogP contribution in [0.15, 0.2) is 9.41 Å². The minimum Gasteiger partial charge on any atom is -0.444 e. The van der Waals surface area contributed by atoms with E-state index in [1.54, 1.807) is 0 Å². The highest BCUT2D eigenvalue weighted by molar-refractivity contribution is 8.00. The number of nitrogens with one attached hydrogen (secondary N) is 2. The van der Waals surface area contributed by atoms with Gasteiger partial charge in [0, 0.05) is 25.4 Å². The van der Waals surface area contributed by atoms with Crippen molar-refractivity contribution in [3.05, 3.63) is 17.3 Å². The zero-order valence-electron chi connectivity index (χ0n) is 16.4. The van der Waals surface area contributed by atoms with Crippen LogP contribution in [0.4, 0.5) is 0 Å². The van der Waals surface area contributed by atoms with Crippen molar-refractivity contribution in [1.82, 2.24) is 20.5 Å². The van der Waals surface area contributed by atoms with Gasteiger partial charge >= 0.3 is 0 Å². The molecule has 26 heavy (non-hydrogen) atoms. The van der Waals surface area contributed by atoms with E-state index in [2.05, 4.69) is 37.3 Å². The highest BCUT2D eigenvalue weighted by Crippen LogP contribution is 2.25. The van der Waals surface area contributed by atoms with E-state index in [4.69, 9.17) is 4.42 Å². The van der Waals surface area contributed by atoms with Crippen LogP contribution in [0.5, 0.6) is 0 Å². The maximum absolute atomic E-state index is 5.72. The Morgan fingerprint density at radius 3 is 2.62 bits per heavy atom. The molecule has 3 heterocycles. The van der Waals surface area contributed by atoms with Gasteiger partial charge in [0.15, 0.2) is 5.96 Å². The molecule has 7 heteroatoms. The van der Waals surface area contributed by atoms with Crippen LogP contribution in [-0.2, 0) is 6.54 Å². The third-order valence-corrected chi connectivity index (χ3v) is 6.84. The Kier molecular flexibility index (Phi) is 7.25. The molecule has 0 bridgehead atoms. The Bertz CT molecular complexity index is 569. The molecule has 2 fully saturated rings. The van der Waals surface area contributed by atoms with Gasteiger partial charge in [-0.2, -0.15) is 11.8 Å². The van der Waals surface area contributed by atoms with Crippen molar-refractivity contribution in [2.75, 3.05) is 39.0 Å². The maximum atomic E-state index is 5.72. The Balaban J connectivity index is 1.34. The van der Waals surface area contributed by atoms with E-state index in [9.17, 15) is 0 Å². The van der Waals surface area contributed by atoms with Gasteiger partial charge in [-0.25, -0.2) is 4.98 Å². The van der Waals surface area contributed by atoms with Crippen molar-refractivity contribution >= 4 is 17.7 Å². The Hall–Kier alpha value is -1.21. The fourth-order valence-corrected chi connectivity index (χ4v) is 4.83. The first-order chi connectivity index (χ1) is 12.6. The average Bonchev–Trinajstić information content (AvgIpc) is 3.26. The first kappa shape index (κ1) is 19.5. The second-order valence-electron chi connectivity index (χ2n) is 7.44. The summed E-state index contributed by atoms with van der Waals surface area (Å²) in [5, 5.41) is 7.75. The number of rotatable bonds is 6. The van der Waals surface area contributed by atoms with E-state index in [0.29, 0.717) is 5.92 Å². The molecule has 6 nitrogen and oxygen atoms in total. The summed E-state index contributed by atoms with van der Waals surface area (Å²) >= 11 is 2.08. The smallest absolute Gasteiger partial charge is 0.208 e. The molecule has 146 valence electrons. The van der Waals surface area contributed by atoms with Crippen molar-refractivity contribution in [3.63, 3.8) is 0 Å².